The van der Waals surface area contributed by atoms with E-state index in [0.29, 0.717) is 6.42 Å². The van der Waals surface area contributed by atoms with Gasteiger partial charge in [-0.15, -0.1) is 0 Å². The van der Waals surface area contributed by atoms with Crippen molar-refractivity contribution in [2.24, 2.45) is 0 Å². The molecular formula is C12H15NO2. The van der Waals surface area contributed by atoms with Gasteiger partial charge < -0.3 is 14.4 Å². The Morgan fingerprint density at radius 3 is 2.47 bits per heavy atom. The molecule has 0 aromatic heterocycles. The highest BCUT2D eigenvalue weighted by Gasteiger charge is 2.10. The van der Waals surface area contributed by atoms with Crippen LogP contribution in [0.5, 0.6) is 0 Å². The molecule has 1 aromatic rings. The summed E-state index contributed by atoms with van der Waals surface area (Å²) in [6.07, 6.45) is 1.44. The van der Waals surface area contributed by atoms with E-state index >= 15 is 0 Å². The van der Waals surface area contributed by atoms with Gasteiger partial charge in [-0.1, -0.05) is 12.1 Å². The maximum absolute atomic E-state index is 10.3. The van der Waals surface area contributed by atoms with Gasteiger partial charge in [0.2, 0.25) is 0 Å². The average Bonchev–Trinajstić information content (AvgIpc) is 2.32. The Morgan fingerprint density at radius 1 is 1.20 bits per heavy atom. The smallest absolute Gasteiger partial charge is 0.124 e. The van der Waals surface area contributed by atoms with Gasteiger partial charge in [-0.05, 0) is 17.7 Å². The molecule has 1 heterocycles. The van der Waals surface area contributed by atoms with Crippen LogP contribution in [-0.4, -0.2) is 32.6 Å². The van der Waals surface area contributed by atoms with Gasteiger partial charge in [-0.25, -0.2) is 0 Å². The van der Waals surface area contributed by atoms with Gasteiger partial charge in [0, 0.05) is 25.2 Å². The highest BCUT2D eigenvalue weighted by Crippen LogP contribution is 2.16. The standard InChI is InChI=1S/C12H15NO2/c14-8-5-11-1-3-12(4-2-11)13-6-9-15-10-7-13/h1-4,8H,5-7,9-10H2. The molecule has 1 saturated heterocycles. The first-order valence-corrected chi connectivity index (χ1v) is 5.25. The zero-order valence-corrected chi connectivity index (χ0v) is 8.69. The van der Waals surface area contributed by atoms with E-state index in [2.05, 4.69) is 17.0 Å². The fourth-order valence-corrected chi connectivity index (χ4v) is 1.76. The van der Waals surface area contributed by atoms with E-state index in [0.717, 1.165) is 38.2 Å². The second-order valence-electron chi connectivity index (χ2n) is 3.64. The van der Waals surface area contributed by atoms with Crippen LogP contribution in [0.1, 0.15) is 5.56 Å². The Labute approximate surface area is 89.7 Å². The van der Waals surface area contributed by atoms with Crippen LogP contribution in [-0.2, 0) is 16.0 Å². The van der Waals surface area contributed by atoms with E-state index in [1.165, 1.54) is 5.69 Å². The van der Waals surface area contributed by atoms with Gasteiger partial charge in [0.1, 0.15) is 6.29 Å². The van der Waals surface area contributed by atoms with Crippen molar-refractivity contribution >= 4 is 12.0 Å². The zero-order valence-electron chi connectivity index (χ0n) is 8.69. The fraction of sp³-hybridized carbons (Fsp3) is 0.417. The van der Waals surface area contributed by atoms with Crippen LogP contribution in [0.2, 0.25) is 0 Å². The minimum Gasteiger partial charge on any atom is -0.378 e. The number of benzene rings is 1. The van der Waals surface area contributed by atoms with Gasteiger partial charge in [0.05, 0.1) is 13.2 Å². The Hall–Kier alpha value is -1.35. The lowest BCUT2D eigenvalue weighted by Crippen LogP contribution is -2.36. The monoisotopic (exact) mass is 205 g/mol. The van der Waals surface area contributed by atoms with Crippen molar-refractivity contribution in [3.63, 3.8) is 0 Å². The topological polar surface area (TPSA) is 29.5 Å². The van der Waals surface area contributed by atoms with E-state index < -0.39 is 0 Å². The van der Waals surface area contributed by atoms with Crippen LogP contribution in [0.4, 0.5) is 5.69 Å². The highest BCUT2D eigenvalue weighted by molar-refractivity contribution is 5.56. The van der Waals surface area contributed by atoms with Crippen LogP contribution in [0.3, 0.4) is 0 Å². The van der Waals surface area contributed by atoms with E-state index in [-0.39, 0.29) is 0 Å². The third kappa shape index (κ3) is 2.57. The molecule has 3 heteroatoms. The molecule has 80 valence electrons. The van der Waals surface area contributed by atoms with Crippen LogP contribution in [0.25, 0.3) is 0 Å². The molecule has 1 aromatic carbocycles. The Bertz CT molecular complexity index is 315. The first-order valence-electron chi connectivity index (χ1n) is 5.25. The van der Waals surface area contributed by atoms with Crippen molar-refractivity contribution in [3.8, 4) is 0 Å². The minimum atomic E-state index is 0.503. The number of carbonyl (C=O) groups excluding carboxylic acids is 1. The fourth-order valence-electron chi connectivity index (χ4n) is 1.76. The number of rotatable bonds is 3. The minimum absolute atomic E-state index is 0.503. The van der Waals surface area contributed by atoms with Crippen molar-refractivity contribution in [3.05, 3.63) is 29.8 Å². The third-order valence-electron chi connectivity index (χ3n) is 2.63. The summed E-state index contributed by atoms with van der Waals surface area (Å²) in [5.74, 6) is 0. The molecule has 1 aliphatic rings. The van der Waals surface area contributed by atoms with E-state index in [1.807, 2.05) is 12.1 Å². The van der Waals surface area contributed by atoms with Gasteiger partial charge in [-0.2, -0.15) is 0 Å². The molecule has 0 saturated carbocycles. The number of hydrogen-bond donors (Lipinski definition) is 0. The first kappa shape index (κ1) is 10.2. The normalized spacial score (nSPS) is 16.4. The summed E-state index contributed by atoms with van der Waals surface area (Å²) in [7, 11) is 0. The molecule has 0 N–H and O–H groups in total. The third-order valence-corrected chi connectivity index (χ3v) is 2.63. The molecule has 0 amide bonds. The van der Waals surface area contributed by atoms with Gasteiger partial charge in [0.15, 0.2) is 0 Å². The molecule has 0 atom stereocenters. The Kier molecular flexibility index (Phi) is 3.35. The molecule has 1 aliphatic heterocycles. The molecule has 0 unspecified atom stereocenters. The van der Waals surface area contributed by atoms with E-state index in [9.17, 15) is 4.79 Å². The lowest BCUT2D eigenvalue weighted by Gasteiger charge is -2.28. The lowest BCUT2D eigenvalue weighted by molar-refractivity contribution is -0.107. The molecule has 15 heavy (non-hydrogen) atoms. The summed E-state index contributed by atoms with van der Waals surface area (Å²) in [5.41, 5.74) is 2.29. The molecule has 0 bridgehead atoms. The highest BCUT2D eigenvalue weighted by atomic mass is 16.5. The van der Waals surface area contributed by atoms with Crippen molar-refractivity contribution in [2.45, 2.75) is 6.42 Å². The second kappa shape index (κ2) is 4.94. The number of ether oxygens (including phenoxy) is 1. The molecular weight excluding hydrogens is 190 g/mol. The van der Waals surface area contributed by atoms with E-state index in [1.54, 1.807) is 0 Å². The number of morpholine rings is 1. The largest absolute Gasteiger partial charge is 0.378 e. The Morgan fingerprint density at radius 2 is 1.87 bits per heavy atom. The van der Waals surface area contributed by atoms with Crippen molar-refractivity contribution in [1.29, 1.82) is 0 Å². The molecule has 0 aliphatic carbocycles. The molecule has 1 fully saturated rings. The average molecular weight is 205 g/mol. The lowest BCUT2D eigenvalue weighted by atomic mass is 10.1. The number of hydrogen-bond acceptors (Lipinski definition) is 3. The number of aldehydes is 1. The van der Waals surface area contributed by atoms with E-state index in [4.69, 9.17) is 4.74 Å². The Balaban J connectivity index is 2.04. The number of nitrogens with zero attached hydrogens (tertiary/aromatic N) is 1. The summed E-state index contributed by atoms with van der Waals surface area (Å²) in [5, 5.41) is 0. The maximum atomic E-state index is 10.3. The van der Waals surface area contributed by atoms with Crippen molar-refractivity contribution in [2.75, 3.05) is 31.2 Å². The van der Waals surface area contributed by atoms with Crippen LogP contribution in [0.15, 0.2) is 24.3 Å². The van der Waals surface area contributed by atoms with Crippen LogP contribution in [0, 0.1) is 0 Å². The van der Waals surface area contributed by atoms with Gasteiger partial charge >= 0.3 is 0 Å². The summed E-state index contributed by atoms with van der Waals surface area (Å²) in [6.45, 7) is 3.51. The van der Waals surface area contributed by atoms with Gasteiger partial charge in [0.25, 0.3) is 0 Å². The summed E-state index contributed by atoms with van der Waals surface area (Å²) < 4.78 is 5.30. The number of carbonyl (C=O) groups is 1. The summed E-state index contributed by atoms with van der Waals surface area (Å²) >= 11 is 0. The summed E-state index contributed by atoms with van der Waals surface area (Å²) in [4.78, 5) is 12.6. The maximum Gasteiger partial charge on any atom is 0.124 e. The molecule has 3 nitrogen and oxygen atoms in total. The predicted molar refractivity (Wildman–Crippen MR) is 59.2 cm³/mol. The molecule has 2 rings (SSSR count). The van der Waals surface area contributed by atoms with Gasteiger partial charge in [-0.3, -0.25) is 0 Å². The molecule has 0 spiro atoms. The van der Waals surface area contributed by atoms with Crippen LogP contribution >= 0.6 is 0 Å². The van der Waals surface area contributed by atoms with Crippen LogP contribution < -0.4 is 4.90 Å². The summed E-state index contributed by atoms with van der Waals surface area (Å²) in [6, 6.07) is 8.17. The first-order chi connectivity index (χ1) is 7.40. The zero-order chi connectivity index (χ0) is 10.5. The van der Waals surface area contributed by atoms with Crippen molar-refractivity contribution in [1.82, 2.24) is 0 Å². The second-order valence-corrected chi connectivity index (χ2v) is 3.64. The number of anilines is 1. The molecule has 0 radical (unpaired) electrons. The SMILES string of the molecule is O=CCc1ccc(N2CCOCC2)cc1. The quantitative estimate of drug-likeness (QED) is 0.696. The van der Waals surface area contributed by atoms with Crippen molar-refractivity contribution < 1.29 is 9.53 Å². The predicted octanol–water partition coefficient (Wildman–Crippen LogP) is 1.26.